The second-order valence-electron chi connectivity index (χ2n) is 7.41. The summed E-state index contributed by atoms with van der Waals surface area (Å²) in [6.45, 7) is 11.5. The minimum Gasteiger partial charge on any atom is -0.370 e. The number of nitrogens with zero attached hydrogens (tertiary/aromatic N) is 3. The smallest absolute Gasteiger partial charge is 0.217 e. The van der Waals surface area contributed by atoms with Crippen LogP contribution in [-0.2, 0) is 4.79 Å². The van der Waals surface area contributed by atoms with Crippen molar-refractivity contribution in [1.29, 1.82) is 0 Å². The molecule has 3 N–H and O–H groups in total. The fourth-order valence-electron chi connectivity index (χ4n) is 3.92. The average Bonchev–Trinajstić information content (AvgIpc) is 2.54. The normalized spacial score (nSPS) is 25.4. The summed E-state index contributed by atoms with van der Waals surface area (Å²) in [5.41, 5.74) is 5.37. The van der Waals surface area contributed by atoms with Crippen LogP contribution in [0.15, 0.2) is 4.99 Å². The van der Waals surface area contributed by atoms with Gasteiger partial charge in [-0.1, -0.05) is 6.92 Å². The zero-order valence-corrected chi connectivity index (χ0v) is 18.2. The molecule has 2 atom stereocenters. The molecule has 2 heterocycles. The Morgan fingerprint density at radius 1 is 1.24 bits per heavy atom. The van der Waals surface area contributed by atoms with Gasteiger partial charge in [-0.3, -0.25) is 9.79 Å². The highest BCUT2D eigenvalue weighted by atomic mass is 127. The monoisotopic (exact) mass is 465 g/mol. The SMILES string of the molecule is CCNC(=NCCN1CCCC(C)C1)N1CCCC(CC(N)=O)C1.I. The van der Waals surface area contributed by atoms with Crippen molar-refractivity contribution in [3.63, 3.8) is 0 Å². The number of halogens is 1. The standard InChI is InChI=1S/C18H35N5O.HI/c1-3-20-18(21-8-11-22-9-4-6-15(2)13-22)23-10-5-7-16(14-23)12-17(19)24;/h15-16H,3-14H2,1-2H3,(H2,19,24)(H,20,21);1H. The molecule has 2 fully saturated rings. The molecule has 25 heavy (non-hydrogen) atoms. The zero-order valence-electron chi connectivity index (χ0n) is 15.9. The first kappa shape index (κ1) is 22.5. The second-order valence-corrected chi connectivity index (χ2v) is 7.41. The lowest BCUT2D eigenvalue weighted by atomic mass is 9.95. The topological polar surface area (TPSA) is 74.0 Å². The molecule has 0 aromatic carbocycles. The molecule has 0 aliphatic carbocycles. The number of likely N-dealkylation sites (tertiary alicyclic amines) is 2. The molecule has 0 radical (unpaired) electrons. The predicted octanol–water partition coefficient (Wildman–Crippen LogP) is 1.89. The van der Waals surface area contributed by atoms with Gasteiger partial charge in [-0.25, -0.2) is 0 Å². The molecule has 0 spiro atoms. The average molecular weight is 465 g/mol. The van der Waals surface area contributed by atoms with Gasteiger partial charge in [-0.2, -0.15) is 0 Å². The van der Waals surface area contributed by atoms with Crippen LogP contribution in [0.25, 0.3) is 0 Å². The fraction of sp³-hybridized carbons (Fsp3) is 0.889. The highest BCUT2D eigenvalue weighted by Crippen LogP contribution is 2.19. The molecule has 0 saturated carbocycles. The number of aliphatic imine (C=N–C) groups is 1. The molecule has 146 valence electrons. The van der Waals surface area contributed by atoms with Crippen LogP contribution >= 0.6 is 24.0 Å². The highest BCUT2D eigenvalue weighted by Gasteiger charge is 2.23. The van der Waals surface area contributed by atoms with Gasteiger partial charge in [0.25, 0.3) is 0 Å². The maximum Gasteiger partial charge on any atom is 0.217 e. The third-order valence-electron chi connectivity index (χ3n) is 5.06. The van der Waals surface area contributed by atoms with Crippen molar-refractivity contribution in [3.05, 3.63) is 0 Å². The summed E-state index contributed by atoms with van der Waals surface area (Å²) < 4.78 is 0. The fourth-order valence-corrected chi connectivity index (χ4v) is 3.92. The summed E-state index contributed by atoms with van der Waals surface area (Å²) >= 11 is 0. The molecule has 2 rings (SSSR count). The van der Waals surface area contributed by atoms with Crippen LogP contribution in [-0.4, -0.2) is 67.5 Å². The Labute approximate surface area is 170 Å². The molecule has 0 aromatic rings. The van der Waals surface area contributed by atoms with Crippen molar-refractivity contribution < 1.29 is 4.79 Å². The van der Waals surface area contributed by atoms with E-state index in [9.17, 15) is 4.79 Å². The van der Waals surface area contributed by atoms with Gasteiger partial charge in [0.2, 0.25) is 5.91 Å². The van der Waals surface area contributed by atoms with Crippen molar-refractivity contribution in [3.8, 4) is 0 Å². The first-order valence-corrected chi connectivity index (χ1v) is 9.62. The van der Waals surface area contributed by atoms with E-state index in [2.05, 4.69) is 29.0 Å². The number of carbonyl (C=O) groups is 1. The van der Waals surface area contributed by atoms with Crippen LogP contribution in [0.2, 0.25) is 0 Å². The Kier molecular flexibility index (Phi) is 10.7. The van der Waals surface area contributed by atoms with Crippen LogP contribution < -0.4 is 11.1 Å². The molecule has 7 heteroatoms. The number of guanidine groups is 1. The van der Waals surface area contributed by atoms with Gasteiger partial charge in [-0.15, -0.1) is 24.0 Å². The number of amides is 1. The predicted molar refractivity (Wildman–Crippen MR) is 114 cm³/mol. The molecule has 1 amide bonds. The van der Waals surface area contributed by atoms with Gasteiger partial charge >= 0.3 is 0 Å². The van der Waals surface area contributed by atoms with E-state index in [-0.39, 0.29) is 29.9 Å². The Balaban J connectivity index is 0.00000312. The van der Waals surface area contributed by atoms with Crippen LogP contribution in [0.4, 0.5) is 0 Å². The van der Waals surface area contributed by atoms with E-state index in [4.69, 9.17) is 10.7 Å². The van der Waals surface area contributed by atoms with Crippen molar-refractivity contribution in [1.82, 2.24) is 15.1 Å². The summed E-state index contributed by atoms with van der Waals surface area (Å²) in [6.07, 6.45) is 5.35. The van der Waals surface area contributed by atoms with E-state index in [0.29, 0.717) is 12.3 Å². The zero-order chi connectivity index (χ0) is 17.4. The lowest BCUT2D eigenvalue weighted by Crippen LogP contribution is -2.47. The maximum atomic E-state index is 11.2. The third-order valence-corrected chi connectivity index (χ3v) is 5.06. The van der Waals surface area contributed by atoms with Crippen LogP contribution in [0.3, 0.4) is 0 Å². The first-order valence-electron chi connectivity index (χ1n) is 9.62. The Bertz CT molecular complexity index is 432. The molecule has 2 unspecified atom stereocenters. The number of nitrogens with two attached hydrogens (primary N) is 1. The lowest BCUT2D eigenvalue weighted by molar-refractivity contribution is -0.119. The van der Waals surface area contributed by atoms with E-state index >= 15 is 0 Å². The van der Waals surface area contributed by atoms with Gasteiger partial charge < -0.3 is 20.9 Å². The number of hydrogen-bond donors (Lipinski definition) is 2. The van der Waals surface area contributed by atoms with Crippen molar-refractivity contribution in [2.24, 2.45) is 22.6 Å². The van der Waals surface area contributed by atoms with E-state index < -0.39 is 0 Å². The van der Waals surface area contributed by atoms with Gasteiger partial charge in [-0.05, 0) is 51.0 Å². The number of carbonyl (C=O) groups excluding carboxylic acids is 1. The van der Waals surface area contributed by atoms with E-state index in [1.54, 1.807) is 0 Å². The van der Waals surface area contributed by atoms with Crippen LogP contribution in [0.5, 0.6) is 0 Å². The van der Waals surface area contributed by atoms with Crippen LogP contribution in [0, 0.1) is 11.8 Å². The third kappa shape index (κ3) is 8.11. The quantitative estimate of drug-likeness (QED) is 0.357. The number of hydrogen-bond acceptors (Lipinski definition) is 3. The second kappa shape index (κ2) is 11.9. The van der Waals surface area contributed by atoms with Gasteiger partial charge in [0, 0.05) is 39.1 Å². The Hall–Kier alpha value is -0.570. The minimum absolute atomic E-state index is 0. The number of primary amides is 1. The molecule has 0 bridgehead atoms. The van der Waals surface area contributed by atoms with E-state index in [1.807, 2.05) is 0 Å². The minimum atomic E-state index is -0.192. The van der Waals surface area contributed by atoms with Gasteiger partial charge in [0.05, 0.1) is 6.54 Å². The molecule has 2 aliphatic heterocycles. The van der Waals surface area contributed by atoms with Gasteiger partial charge in [0.1, 0.15) is 0 Å². The summed E-state index contributed by atoms with van der Waals surface area (Å²) in [5.74, 6) is 1.98. The molecule has 2 saturated heterocycles. The Morgan fingerprint density at radius 3 is 2.68 bits per heavy atom. The summed E-state index contributed by atoms with van der Waals surface area (Å²) in [6, 6.07) is 0. The summed E-state index contributed by atoms with van der Waals surface area (Å²) in [7, 11) is 0. The van der Waals surface area contributed by atoms with Crippen molar-refractivity contribution >= 4 is 35.8 Å². The number of nitrogens with one attached hydrogen (secondary N) is 1. The van der Waals surface area contributed by atoms with E-state index in [1.165, 1.54) is 25.9 Å². The summed E-state index contributed by atoms with van der Waals surface area (Å²) in [5, 5.41) is 3.41. The van der Waals surface area contributed by atoms with Crippen molar-refractivity contribution in [2.75, 3.05) is 45.8 Å². The molecule has 0 aromatic heterocycles. The maximum absolute atomic E-state index is 11.2. The first-order chi connectivity index (χ1) is 11.6. The highest BCUT2D eigenvalue weighted by molar-refractivity contribution is 14.0. The number of rotatable bonds is 6. The lowest BCUT2D eigenvalue weighted by Gasteiger charge is -2.35. The molecule has 6 nitrogen and oxygen atoms in total. The molecule has 2 aliphatic rings. The van der Waals surface area contributed by atoms with Gasteiger partial charge in [0.15, 0.2) is 5.96 Å². The Morgan fingerprint density at radius 2 is 2.00 bits per heavy atom. The number of piperidine rings is 2. The van der Waals surface area contributed by atoms with Crippen molar-refractivity contribution in [2.45, 2.75) is 46.0 Å². The van der Waals surface area contributed by atoms with Crippen LogP contribution in [0.1, 0.15) is 46.0 Å². The van der Waals surface area contributed by atoms with E-state index in [0.717, 1.165) is 57.4 Å². The largest absolute Gasteiger partial charge is 0.370 e. The summed E-state index contributed by atoms with van der Waals surface area (Å²) in [4.78, 5) is 20.9. The molecular formula is C18H36IN5O. The molecular weight excluding hydrogens is 429 g/mol.